The summed E-state index contributed by atoms with van der Waals surface area (Å²) in [4.78, 5) is 22.4. The van der Waals surface area contributed by atoms with E-state index >= 15 is 0 Å². The van der Waals surface area contributed by atoms with Gasteiger partial charge in [0.2, 0.25) is 12.7 Å². The lowest BCUT2D eigenvalue weighted by molar-refractivity contribution is -0.137. The number of carbonyl (C=O) groups is 2. The Morgan fingerprint density at radius 1 is 1.33 bits per heavy atom. The van der Waals surface area contributed by atoms with Crippen molar-refractivity contribution in [2.75, 3.05) is 19.1 Å². The Hall–Kier alpha value is -1.89. The van der Waals surface area contributed by atoms with Crippen molar-refractivity contribution < 1.29 is 24.2 Å². The number of hydrogen-bond donors (Lipinski definition) is 3. The van der Waals surface area contributed by atoms with Crippen molar-refractivity contribution in [3.05, 3.63) is 23.8 Å². The van der Waals surface area contributed by atoms with Crippen LogP contribution in [0.5, 0.6) is 11.5 Å². The predicted octanol–water partition coefficient (Wildman–Crippen LogP) is 1.09. The fourth-order valence-corrected chi connectivity index (χ4v) is 2.32. The second kappa shape index (κ2) is 7.21. The lowest BCUT2D eigenvalue weighted by Gasteiger charge is -2.14. The molecule has 1 aliphatic heterocycles. The molecular formula is C14H17NO5S. The average molecular weight is 311 g/mol. The number of fused-ring (bicyclic) bond motifs is 1. The van der Waals surface area contributed by atoms with Crippen LogP contribution in [-0.2, 0) is 16.0 Å². The molecular weight excluding hydrogens is 294 g/mol. The summed E-state index contributed by atoms with van der Waals surface area (Å²) in [7, 11) is 0. The molecule has 2 N–H and O–H groups in total. The van der Waals surface area contributed by atoms with Gasteiger partial charge in [0.1, 0.15) is 0 Å². The first-order valence-electron chi connectivity index (χ1n) is 6.59. The van der Waals surface area contributed by atoms with Gasteiger partial charge in [-0.05, 0) is 24.1 Å². The summed E-state index contributed by atoms with van der Waals surface area (Å²) in [5, 5.41) is 11.2. The van der Waals surface area contributed by atoms with Crippen LogP contribution in [-0.4, -0.2) is 36.1 Å². The van der Waals surface area contributed by atoms with Crippen molar-refractivity contribution in [2.45, 2.75) is 12.8 Å². The molecule has 0 fully saturated rings. The van der Waals surface area contributed by atoms with Gasteiger partial charge < -0.3 is 19.9 Å². The van der Waals surface area contributed by atoms with Crippen molar-refractivity contribution in [2.24, 2.45) is 5.92 Å². The molecule has 0 unspecified atom stereocenters. The molecule has 0 aliphatic carbocycles. The summed E-state index contributed by atoms with van der Waals surface area (Å²) in [6.45, 7) is 0.337. The number of benzene rings is 1. The predicted molar refractivity (Wildman–Crippen MR) is 78.9 cm³/mol. The molecule has 1 aromatic carbocycles. The Balaban J connectivity index is 1.92. The van der Waals surface area contributed by atoms with Crippen LogP contribution in [0.15, 0.2) is 18.2 Å². The molecule has 7 heteroatoms. The van der Waals surface area contributed by atoms with E-state index < -0.39 is 5.97 Å². The van der Waals surface area contributed by atoms with E-state index in [1.807, 2.05) is 18.2 Å². The van der Waals surface area contributed by atoms with E-state index in [1.165, 1.54) is 0 Å². The summed E-state index contributed by atoms with van der Waals surface area (Å²) in [5.74, 6) is 0.316. The number of carboxylic acids is 1. The van der Waals surface area contributed by atoms with E-state index in [2.05, 4.69) is 17.9 Å². The van der Waals surface area contributed by atoms with Crippen molar-refractivity contribution >= 4 is 24.5 Å². The maximum absolute atomic E-state index is 12.0. The quantitative estimate of drug-likeness (QED) is 0.657. The summed E-state index contributed by atoms with van der Waals surface area (Å²) in [6, 6.07) is 5.55. The molecule has 0 saturated heterocycles. The van der Waals surface area contributed by atoms with E-state index in [0.717, 1.165) is 5.56 Å². The van der Waals surface area contributed by atoms with Crippen LogP contribution in [0.1, 0.15) is 12.0 Å². The standard InChI is InChI=1S/C14H17NO5S/c16-13(17)3-4-15-14(18)10(7-21)5-9-1-2-11-12(6-9)20-8-19-11/h1-2,6,10,21H,3-5,7-8H2,(H,15,18)(H,16,17)/t10-/m0/s1. The van der Waals surface area contributed by atoms with E-state index in [-0.39, 0.29) is 31.6 Å². The second-order valence-corrected chi connectivity index (χ2v) is 5.07. The topological polar surface area (TPSA) is 84.9 Å². The highest BCUT2D eigenvalue weighted by molar-refractivity contribution is 7.80. The molecule has 0 bridgehead atoms. The normalized spacial score (nSPS) is 13.8. The van der Waals surface area contributed by atoms with E-state index in [0.29, 0.717) is 23.7 Å². The van der Waals surface area contributed by atoms with Gasteiger partial charge in [0, 0.05) is 12.3 Å². The minimum Gasteiger partial charge on any atom is -0.481 e. The lowest BCUT2D eigenvalue weighted by Crippen LogP contribution is -2.34. The zero-order valence-corrected chi connectivity index (χ0v) is 12.3. The first kappa shape index (κ1) is 15.5. The third kappa shape index (κ3) is 4.29. The van der Waals surface area contributed by atoms with E-state index in [9.17, 15) is 9.59 Å². The van der Waals surface area contributed by atoms with Crippen molar-refractivity contribution in [3.8, 4) is 11.5 Å². The van der Waals surface area contributed by atoms with Crippen molar-refractivity contribution in [1.29, 1.82) is 0 Å². The first-order valence-corrected chi connectivity index (χ1v) is 7.22. The number of amides is 1. The molecule has 1 aromatic rings. The van der Waals surface area contributed by atoms with Gasteiger partial charge in [0.15, 0.2) is 11.5 Å². The van der Waals surface area contributed by atoms with E-state index in [1.54, 1.807) is 0 Å². The number of carbonyl (C=O) groups excluding carboxylic acids is 1. The van der Waals surface area contributed by atoms with Gasteiger partial charge in [-0.3, -0.25) is 9.59 Å². The van der Waals surface area contributed by atoms with E-state index in [4.69, 9.17) is 14.6 Å². The van der Waals surface area contributed by atoms with Crippen LogP contribution in [0.3, 0.4) is 0 Å². The number of carboxylic acid groups (broad SMARTS) is 1. The van der Waals surface area contributed by atoms with Gasteiger partial charge in [-0.1, -0.05) is 6.07 Å². The van der Waals surface area contributed by atoms with Gasteiger partial charge >= 0.3 is 5.97 Å². The molecule has 0 aromatic heterocycles. The first-order chi connectivity index (χ1) is 10.1. The van der Waals surface area contributed by atoms with Crippen LogP contribution < -0.4 is 14.8 Å². The average Bonchev–Trinajstić information content (AvgIpc) is 2.91. The van der Waals surface area contributed by atoms with Crippen LogP contribution in [0.25, 0.3) is 0 Å². The van der Waals surface area contributed by atoms with Gasteiger partial charge in [-0.2, -0.15) is 12.6 Å². The van der Waals surface area contributed by atoms with Crippen LogP contribution >= 0.6 is 12.6 Å². The molecule has 1 atom stereocenters. The zero-order valence-electron chi connectivity index (χ0n) is 11.4. The van der Waals surface area contributed by atoms with Crippen LogP contribution in [0, 0.1) is 5.92 Å². The summed E-state index contributed by atoms with van der Waals surface area (Å²) >= 11 is 4.20. The van der Waals surface area contributed by atoms with Gasteiger partial charge in [-0.25, -0.2) is 0 Å². The number of aliphatic carboxylic acids is 1. The Morgan fingerprint density at radius 3 is 2.81 bits per heavy atom. The maximum atomic E-state index is 12.0. The highest BCUT2D eigenvalue weighted by atomic mass is 32.1. The summed E-state index contributed by atoms with van der Waals surface area (Å²) < 4.78 is 10.5. The van der Waals surface area contributed by atoms with Gasteiger partial charge in [-0.15, -0.1) is 0 Å². The third-order valence-corrected chi connectivity index (χ3v) is 3.59. The van der Waals surface area contributed by atoms with Gasteiger partial charge in [0.05, 0.1) is 12.3 Å². The van der Waals surface area contributed by atoms with Crippen molar-refractivity contribution in [1.82, 2.24) is 5.32 Å². The Bertz CT molecular complexity index is 534. The number of nitrogens with one attached hydrogen (secondary N) is 1. The zero-order chi connectivity index (χ0) is 15.2. The molecule has 0 spiro atoms. The molecule has 1 aliphatic rings. The molecule has 21 heavy (non-hydrogen) atoms. The Morgan fingerprint density at radius 2 is 2.10 bits per heavy atom. The number of rotatable bonds is 7. The monoisotopic (exact) mass is 311 g/mol. The molecule has 114 valence electrons. The number of ether oxygens (including phenoxy) is 2. The van der Waals surface area contributed by atoms with Crippen molar-refractivity contribution in [3.63, 3.8) is 0 Å². The highest BCUT2D eigenvalue weighted by Crippen LogP contribution is 2.33. The molecule has 0 radical (unpaired) electrons. The molecule has 1 heterocycles. The SMILES string of the molecule is O=C(O)CCNC(=O)[C@H](CS)Cc1ccc2c(c1)OCO2. The smallest absolute Gasteiger partial charge is 0.305 e. The minimum atomic E-state index is -0.937. The maximum Gasteiger partial charge on any atom is 0.305 e. The fourth-order valence-electron chi connectivity index (χ4n) is 2.03. The molecule has 6 nitrogen and oxygen atoms in total. The van der Waals surface area contributed by atoms with Crippen LogP contribution in [0.2, 0.25) is 0 Å². The molecule has 0 saturated carbocycles. The Labute approximate surface area is 127 Å². The molecule has 1 amide bonds. The summed E-state index contributed by atoms with van der Waals surface area (Å²) in [6.07, 6.45) is 0.425. The third-order valence-electron chi connectivity index (χ3n) is 3.15. The lowest BCUT2D eigenvalue weighted by atomic mass is 9.99. The second-order valence-electron chi connectivity index (χ2n) is 4.71. The minimum absolute atomic E-state index is 0.0882. The van der Waals surface area contributed by atoms with Crippen LogP contribution in [0.4, 0.5) is 0 Å². The summed E-state index contributed by atoms with van der Waals surface area (Å²) in [5.41, 5.74) is 0.951. The largest absolute Gasteiger partial charge is 0.481 e. The highest BCUT2D eigenvalue weighted by Gasteiger charge is 2.19. The Kier molecular flexibility index (Phi) is 5.32. The van der Waals surface area contributed by atoms with Gasteiger partial charge in [0.25, 0.3) is 0 Å². The number of hydrogen-bond acceptors (Lipinski definition) is 5. The molecule has 2 rings (SSSR count). The fraction of sp³-hybridized carbons (Fsp3) is 0.429. The number of thiol groups is 1.